The molecule has 0 spiro atoms. The van der Waals surface area contributed by atoms with Gasteiger partial charge in [-0.2, -0.15) is 0 Å². The Bertz CT molecular complexity index is 363. The topological polar surface area (TPSA) is 46.1 Å². The smallest absolute Gasteiger partial charge is 0.209 e. The Kier molecular flexibility index (Phi) is 4.22. The van der Waals surface area contributed by atoms with Gasteiger partial charge < -0.3 is 4.90 Å². The van der Waals surface area contributed by atoms with E-state index in [1.165, 1.54) is 4.90 Å². The van der Waals surface area contributed by atoms with E-state index in [1.54, 1.807) is 20.4 Å². The number of carbonyl (C=O) groups is 1. The van der Waals surface area contributed by atoms with Gasteiger partial charge in [0, 0.05) is 25.7 Å². The van der Waals surface area contributed by atoms with Gasteiger partial charge in [0.15, 0.2) is 0 Å². The minimum atomic E-state index is 0.750. The number of rotatable bonds is 1. The maximum Gasteiger partial charge on any atom is 0.209 e. The van der Waals surface area contributed by atoms with Gasteiger partial charge in [0.25, 0.3) is 0 Å². The first-order valence-electron chi connectivity index (χ1n) is 4.50. The molecule has 2 rings (SSSR count). The molecular weight excluding hydrogens is 190 g/mol. The monoisotopic (exact) mass is 203 g/mol. The Balaban J connectivity index is 0.000000195. The third-order valence-corrected chi connectivity index (χ3v) is 1.62. The molecule has 0 aliphatic rings. The average molecular weight is 203 g/mol. The summed E-state index contributed by atoms with van der Waals surface area (Å²) in [6, 6.07) is 7.91. The normalized spacial score (nSPS) is 8.93. The molecule has 1 aromatic heterocycles. The summed E-state index contributed by atoms with van der Waals surface area (Å²) in [4.78, 5) is 18.8. The molecule has 0 aliphatic heterocycles. The number of fused-ring (bicyclic) bond motifs is 1. The van der Waals surface area contributed by atoms with Gasteiger partial charge in [-0.3, -0.25) is 4.79 Å². The highest BCUT2D eigenvalue weighted by molar-refractivity contribution is 5.76. The van der Waals surface area contributed by atoms with Crippen molar-refractivity contribution in [2.45, 2.75) is 0 Å². The van der Waals surface area contributed by atoms with Crippen LogP contribution in [-0.4, -0.2) is 35.4 Å². The van der Waals surface area contributed by atoms with E-state index in [2.05, 4.69) is 9.97 Å². The Hall–Kier alpha value is -1.97. The van der Waals surface area contributed by atoms with Crippen molar-refractivity contribution in [2.24, 2.45) is 0 Å². The van der Waals surface area contributed by atoms with Gasteiger partial charge in [0.2, 0.25) is 6.41 Å². The summed E-state index contributed by atoms with van der Waals surface area (Å²) in [5.41, 5.74) is 0.998. The molecule has 2 aromatic rings. The molecule has 1 aromatic carbocycles. The van der Waals surface area contributed by atoms with E-state index >= 15 is 0 Å². The minimum absolute atomic E-state index is 0.750. The average Bonchev–Trinajstić information content (AvgIpc) is 2.30. The zero-order chi connectivity index (χ0) is 11.1. The van der Waals surface area contributed by atoms with Crippen LogP contribution in [0.25, 0.3) is 10.9 Å². The van der Waals surface area contributed by atoms with E-state index in [4.69, 9.17) is 0 Å². The van der Waals surface area contributed by atoms with Crippen LogP contribution >= 0.6 is 0 Å². The molecule has 78 valence electrons. The Morgan fingerprint density at radius 3 is 2.53 bits per heavy atom. The van der Waals surface area contributed by atoms with Crippen molar-refractivity contribution in [3.63, 3.8) is 0 Å². The quantitative estimate of drug-likeness (QED) is 0.657. The van der Waals surface area contributed by atoms with Gasteiger partial charge in [-0.15, -0.1) is 0 Å². The van der Waals surface area contributed by atoms with Crippen LogP contribution in [0.3, 0.4) is 0 Å². The number of carbonyl (C=O) groups excluding carboxylic acids is 1. The van der Waals surface area contributed by atoms with Crippen LogP contribution in [0, 0.1) is 0 Å². The Morgan fingerprint density at radius 2 is 1.93 bits per heavy atom. The van der Waals surface area contributed by atoms with Crippen LogP contribution in [0.5, 0.6) is 0 Å². The highest BCUT2D eigenvalue weighted by Gasteiger charge is 1.87. The van der Waals surface area contributed by atoms with Gasteiger partial charge >= 0.3 is 0 Å². The molecule has 1 heterocycles. The predicted molar refractivity (Wildman–Crippen MR) is 59.3 cm³/mol. The lowest BCUT2D eigenvalue weighted by atomic mass is 10.2. The molecule has 15 heavy (non-hydrogen) atoms. The molecule has 0 radical (unpaired) electrons. The lowest BCUT2D eigenvalue weighted by Crippen LogP contribution is -2.06. The number of aromatic nitrogens is 2. The lowest BCUT2D eigenvalue weighted by Gasteiger charge is -1.93. The SMILES string of the molecule is CN(C)C=O.c1ccc2ncncc2c1. The molecule has 0 atom stereocenters. The van der Waals surface area contributed by atoms with Crippen molar-refractivity contribution in [3.05, 3.63) is 36.8 Å². The van der Waals surface area contributed by atoms with E-state index in [9.17, 15) is 4.79 Å². The summed E-state index contributed by atoms with van der Waals surface area (Å²) < 4.78 is 0. The highest BCUT2D eigenvalue weighted by Crippen LogP contribution is 2.06. The van der Waals surface area contributed by atoms with Crippen LogP contribution in [-0.2, 0) is 4.79 Å². The van der Waals surface area contributed by atoms with Gasteiger partial charge in [-0.1, -0.05) is 18.2 Å². The zero-order valence-corrected chi connectivity index (χ0v) is 8.79. The fourth-order valence-electron chi connectivity index (χ4n) is 0.923. The van der Waals surface area contributed by atoms with E-state index < -0.39 is 0 Å². The molecule has 0 unspecified atom stereocenters. The predicted octanol–water partition coefficient (Wildman–Crippen LogP) is 1.33. The third-order valence-electron chi connectivity index (χ3n) is 1.62. The number of hydrogen-bond acceptors (Lipinski definition) is 3. The first-order chi connectivity index (χ1) is 7.24. The number of amides is 1. The second kappa shape index (κ2) is 5.70. The van der Waals surface area contributed by atoms with Crippen molar-refractivity contribution in [1.82, 2.24) is 14.9 Å². The van der Waals surface area contributed by atoms with Crippen LogP contribution in [0.4, 0.5) is 0 Å². The van der Waals surface area contributed by atoms with E-state index in [0.29, 0.717) is 0 Å². The third kappa shape index (κ3) is 3.72. The molecule has 0 saturated carbocycles. The van der Waals surface area contributed by atoms with Crippen molar-refractivity contribution in [1.29, 1.82) is 0 Å². The molecule has 0 bridgehead atoms. The summed E-state index contributed by atoms with van der Waals surface area (Å²) in [5, 5.41) is 1.09. The van der Waals surface area contributed by atoms with E-state index in [-0.39, 0.29) is 0 Å². The Morgan fingerprint density at radius 1 is 1.27 bits per heavy atom. The highest BCUT2D eigenvalue weighted by atomic mass is 16.1. The minimum Gasteiger partial charge on any atom is -0.351 e. The number of para-hydroxylation sites is 1. The Labute approximate surface area is 88.6 Å². The molecule has 0 saturated heterocycles. The first-order valence-corrected chi connectivity index (χ1v) is 4.50. The van der Waals surface area contributed by atoms with Crippen LogP contribution in [0.15, 0.2) is 36.8 Å². The van der Waals surface area contributed by atoms with Crippen LogP contribution in [0.2, 0.25) is 0 Å². The maximum atomic E-state index is 9.43. The summed E-state index contributed by atoms with van der Waals surface area (Å²) in [5.74, 6) is 0. The van der Waals surface area contributed by atoms with Gasteiger partial charge in [0.1, 0.15) is 6.33 Å². The van der Waals surface area contributed by atoms with E-state index in [1.807, 2.05) is 30.5 Å². The molecule has 0 fully saturated rings. The lowest BCUT2D eigenvalue weighted by molar-refractivity contribution is -0.115. The zero-order valence-electron chi connectivity index (χ0n) is 8.79. The standard InChI is InChI=1S/C8H6N2.C3H7NO/c1-2-4-8-7(3-1)5-9-6-10-8;1-4(2)3-5/h1-6H;3H,1-2H3. The van der Waals surface area contributed by atoms with Gasteiger partial charge in [-0.05, 0) is 6.07 Å². The van der Waals surface area contributed by atoms with Crippen molar-refractivity contribution in [2.75, 3.05) is 14.1 Å². The summed E-state index contributed by atoms with van der Waals surface area (Å²) in [6.45, 7) is 0. The summed E-state index contributed by atoms with van der Waals surface area (Å²) in [6.07, 6.45) is 4.12. The number of benzene rings is 1. The van der Waals surface area contributed by atoms with Gasteiger partial charge in [0.05, 0.1) is 5.52 Å². The molecule has 0 N–H and O–H groups in total. The van der Waals surface area contributed by atoms with Gasteiger partial charge in [-0.25, -0.2) is 9.97 Å². The largest absolute Gasteiger partial charge is 0.351 e. The summed E-state index contributed by atoms with van der Waals surface area (Å²) >= 11 is 0. The molecule has 4 nitrogen and oxygen atoms in total. The van der Waals surface area contributed by atoms with Crippen molar-refractivity contribution in [3.8, 4) is 0 Å². The second-order valence-corrected chi connectivity index (χ2v) is 3.15. The molecule has 1 amide bonds. The molecule has 4 heteroatoms. The first kappa shape index (κ1) is 11.1. The molecule has 0 aliphatic carbocycles. The fraction of sp³-hybridized carbons (Fsp3) is 0.182. The van der Waals surface area contributed by atoms with Crippen LogP contribution < -0.4 is 0 Å². The van der Waals surface area contributed by atoms with E-state index in [0.717, 1.165) is 17.3 Å². The van der Waals surface area contributed by atoms with Crippen molar-refractivity contribution >= 4 is 17.3 Å². The number of hydrogen-bond donors (Lipinski definition) is 0. The van der Waals surface area contributed by atoms with Crippen molar-refractivity contribution < 1.29 is 4.79 Å². The fourth-order valence-corrected chi connectivity index (χ4v) is 0.923. The second-order valence-electron chi connectivity index (χ2n) is 3.15. The number of nitrogens with zero attached hydrogens (tertiary/aromatic N) is 3. The summed E-state index contributed by atoms with van der Waals surface area (Å²) in [7, 11) is 3.38. The van der Waals surface area contributed by atoms with Crippen LogP contribution in [0.1, 0.15) is 0 Å². The maximum absolute atomic E-state index is 9.43. The molecular formula is C11H13N3O.